The highest BCUT2D eigenvalue weighted by atomic mass is 79.9. The Morgan fingerprint density at radius 2 is 1.61 bits per heavy atom. The number of aryl methyl sites for hydroxylation is 2. The summed E-state index contributed by atoms with van der Waals surface area (Å²) in [6, 6.07) is 15.9. The van der Waals surface area contributed by atoms with Crippen LogP contribution in [-0.4, -0.2) is 22.4 Å². The molecule has 7 heteroatoms. The van der Waals surface area contributed by atoms with E-state index in [2.05, 4.69) is 25.8 Å². The van der Waals surface area contributed by atoms with Crippen LogP contribution in [0.4, 0.5) is 10.5 Å². The van der Waals surface area contributed by atoms with E-state index in [4.69, 9.17) is 0 Å². The van der Waals surface area contributed by atoms with E-state index in [1.165, 1.54) is 0 Å². The van der Waals surface area contributed by atoms with Crippen LogP contribution in [0.2, 0.25) is 0 Å². The van der Waals surface area contributed by atoms with Crippen molar-refractivity contribution in [1.82, 2.24) is 9.88 Å². The molecule has 1 saturated heterocycles. The molecular formula is C24H20BrN3O3. The topological polar surface area (TPSA) is 71.4 Å². The van der Waals surface area contributed by atoms with Crippen LogP contribution in [0.15, 0.2) is 64.6 Å². The molecule has 156 valence electrons. The molecule has 1 aliphatic heterocycles. The Kier molecular flexibility index (Phi) is 5.37. The molecule has 1 N–H and O–H groups in total. The monoisotopic (exact) mass is 477 g/mol. The van der Waals surface area contributed by atoms with Gasteiger partial charge in [-0.2, -0.15) is 0 Å². The van der Waals surface area contributed by atoms with Gasteiger partial charge in [-0.3, -0.25) is 14.9 Å². The largest absolute Gasteiger partial charge is 0.335 e. The molecule has 0 unspecified atom stereocenters. The van der Waals surface area contributed by atoms with Crippen molar-refractivity contribution >= 4 is 45.5 Å². The van der Waals surface area contributed by atoms with Gasteiger partial charge >= 0.3 is 6.03 Å². The summed E-state index contributed by atoms with van der Waals surface area (Å²) in [5.41, 5.74) is 5.05. The third kappa shape index (κ3) is 3.72. The van der Waals surface area contributed by atoms with Crippen LogP contribution in [0.5, 0.6) is 0 Å². The highest BCUT2D eigenvalue weighted by molar-refractivity contribution is 9.10. The molecule has 0 bridgehead atoms. The van der Waals surface area contributed by atoms with Gasteiger partial charge in [0.15, 0.2) is 0 Å². The molecule has 0 aliphatic carbocycles. The van der Waals surface area contributed by atoms with Gasteiger partial charge < -0.3 is 4.57 Å². The van der Waals surface area contributed by atoms with Gasteiger partial charge in [0.25, 0.3) is 11.8 Å². The number of amides is 4. The van der Waals surface area contributed by atoms with Crippen LogP contribution < -0.4 is 10.2 Å². The fraction of sp³-hybridized carbons (Fsp3) is 0.125. The molecule has 0 saturated carbocycles. The molecule has 4 amide bonds. The van der Waals surface area contributed by atoms with Gasteiger partial charge in [-0.05, 0) is 74.4 Å². The summed E-state index contributed by atoms with van der Waals surface area (Å²) in [5.74, 6) is -1.36. The van der Waals surface area contributed by atoms with Gasteiger partial charge in [0.05, 0.1) is 5.69 Å². The Bertz CT molecular complexity index is 1260. The molecule has 3 aromatic rings. The average Bonchev–Trinajstić information content (AvgIpc) is 3.00. The highest BCUT2D eigenvalue weighted by Gasteiger charge is 2.37. The second-order valence-electron chi connectivity index (χ2n) is 7.38. The molecule has 1 aromatic heterocycles. The van der Waals surface area contributed by atoms with Crippen molar-refractivity contribution in [2.75, 3.05) is 4.90 Å². The first-order valence-corrected chi connectivity index (χ1v) is 10.5. The maximum absolute atomic E-state index is 13.1. The Balaban J connectivity index is 1.77. The zero-order chi connectivity index (χ0) is 22.3. The Labute approximate surface area is 188 Å². The molecule has 2 aromatic carbocycles. The lowest BCUT2D eigenvalue weighted by molar-refractivity contribution is -0.122. The van der Waals surface area contributed by atoms with Gasteiger partial charge in [0.1, 0.15) is 5.57 Å². The van der Waals surface area contributed by atoms with Crippen molar-refractivity contribution in [3.8, 4) is 5.69 Å². The SMILES string of the molecule is Cc1ccccc1-n1c(C)cc(/C=C2\C(=O)NC(=O)N(c3ccc(Br)cc3)C2=O)c1C. The van der Waals surface area contributed by atoms with Crippen molar-refractivity contribution < 1.29 is 14.4 Å². The van der Waals surface area contributed by atoms with Gasteiger partial charge in [0.2, 0.25) is 0 Å². The van der Waals surface area contributed by atoms with Crippen molar-refractivity contribution in [2.45, 2.75) is 20.8 Å². The zero-order valence-corrected chi connectivity index (χ0v) is 18.9. The predicted octanol–water partition coefficient (Wildman–Crippen LogP) is 4.83. The number of rotatable bonds is 3. The summed E-state index contributed by atoms with van der Waals surface area (Å²) in [6.45, 7) is 5.95. The van der Waals surface area contributed by atoms with E-state index in [1.54, 1.807) is 30.3 Å². The van der Waals surface area contributed by atoms with E-state index < -0.39 is 17.8 Å². The van der Waals surface area contributed by atoms with Crippen LogP contribution in [0.1, 0.15) is 22.5 Å². The lowest BCUT2D eigenvalue weighted by Gasteiger charge is -2.26. The molecule has 2 heterocycles. The standard InChI is InChI=1S/C24H20BrN3O3/c1-14-6-4-5-7-21(14)27-15(2)12-17(16(27)3)13-20-22(29)26-24(31)28(23(20)30)19-10-8-18(25)9-11-19/h4-13H,1-3H3,(H,26,29,31)/b20-13+. The number of urea groups is 1. The lowest BCUT2D eigenvalue weighted by atomic mass is 10.1. The third-order valence-electron chi connectivity index (χ3n) is 5.31. The maximum atomic E-state index is 13.1. The number of nitrogens with zero attached hydrogens (tertiary/aromatic N) is 2. The molecule has 6 nitrogen and oxygen atoms in total. The summed E-state index contributed by atoms with van der Waals surface area (Å²) in [7, 11) is 0. The van der Waals surface area contributed by atoms with Crippen LogP contribution in [0.3, 0.4) is 0 Å². The number of barbiturate groups is 1. The van der Waals surface area contributed by atoms with E-state index in [0.717, 1.165) is 37.6 Å². The fourth-order valence-corrected chi connectivity index (χ4v) is 4.02. The predicted molar refractivity (Wildman–Crippen MR) is 123 cm³/mol. The van der Waals surface area contributed by atoms with Crippen LogP contribution >= 0.6 is 15.9 Å². The first kappa shape index (κ1) is 20.8. The molecule has 31 heavy (non-hydrogen) atoms. The second-order valence-corrected chi connectivity index (χ2v) is 8.30. The number of anilines is 1. The number of halogens is 1. The summed E-state index contributed by atoms with van der Waals surface area (Å²) >= 11 is 3.33. The number of benzene rings is 2. The molecule has 0 atom stereocenters. The van der Waals surface area contributed by atoms with Gasteiger partial charge in [0, 0.05) is 21.5 Å². The quantitative estimate of drug-likeness (QED) is 0.433. The molecule has 1 fully saturated rings. The Morgan fingerprint density at radius 1 is 0.935 bits per heavy atom. The molecular weight excluding hydrogens is 458 g/mol. The minimum Gasteiger partial charge on any atom is -0.318 e. The van der Waals surface area contributed by atoms with E-state index in [0.29, 0.717) is 5.69 Å². The fourth-order valence-electron chi connectivity index (χ4n) is 3.76. The first-order valence-electron chi connectivity index (χ1n) is 9.70. The third-order valence-corrected chi connectivity index (χ3v) is 5.84. The normalized spacial score (nSPS) is 15.5. The summed E-state index contributed by atoms with van der Waals surface area (Å²) in [5, 5.41) is 2.27. The number of nitrogens with one attached hydrogen (secondary N) is 1. The van der Waals surface area contributed by atoms with E-state index in [9.17, 15) is 14.4 Å². The van der Waals surface area contributed by atoms with E-state index in [1.807, 2.05) is 51.1 Å². The van der Waals surface area contributed by atoms with Crippen molar-refractivity contribution in [2.24, 2.45) is 0 Å². The smallest absolute Gasteiger partial charge is 0.318 e. The Hall–Kier alpha value is -3.45. The van der Waals surface area contributed by atoms with E-state index >= 15 is 0 Å². The number of carbonyl (C=O) groups excluding carboxylic acids is 3. The first-order chi connectivity index (χ1) is 14.8. The summed E-state index contributed by atoms with van der Waals surface area (Å²) in [4.78, 5) is 39.0. The number of hydrogen-bond acceptors (Lipinski definition) is 3. The maximum Gasteiger partial charge on any atom is 0.335 e. The number of hydrogen-bond donors (Lipinski definition) is 1. The molecule has 0 spiro atoms. The minimum absolute atomic E-state index is 0.0902. The van der Waals surface area contributed by atoms with E-state index in [-0.39, 0.29) is 5.57 Å². The lowest BCUT2D eigenvalue weighted by Crippen LogP contribution is -2.54. The summed E-state index contributed by atoms with van der Waals surface area (Å²) in [6.07, 6.45) is 1.55. The minimum atomic E-state index is -0.764. The van der Waals surface area contributed by atoms with Gasteiger partial charge in [-0.1, -0.05) is 34.1 Å². The molecule has 1 aliphatic rings. The zero-order valence-electron chi connectivity index (χ0n) is 17.3. The van der Waals surface area contributed by atoms with Gasteiger partial charge in [-0.15, -0.1) is 0 Å². The van der Waals surface area contributed by atoms with Crippen molar-refractivity contribution in [3.63, 3.8) is 0 Å². The number of aromatic nitrogens is 1. The van der Waals surface area contributed by atoms with Crippen LogP contribution in [0, 0.1) is 20.8 Å². The summed E-state index contributed by atoms with van der Waals surface area (Å²) < 4.78 is 2.90. The van der Waals surface area contributed by atoms with Crippen molar-refractivity contribution in [3.05, 3.63) is 87.2 Å². The highest BCUT2D eigenvalue weighted by Crippen LogP contribution is 2.27. The van der Waals surface area contributed by atoms with Crippen LogP contribution in [0.25, 0.3) is 11.8 Å². The van der Waals surface area contributed by atoms with Crippen molar-refractivity contribution in [1.29, 1.82) is 0 Å². The average molecular weight is 478 g/mol. The number of imide groups is 2. The number of carbonyl (C=O) groups is 3. The molecule has 4 rings (SSSR count). The van der Waals surface area contributed by atoms with Crippen LogP contribution in [-0.2, 0) is 9.59 Å². The molecule has 0 radical (unpaired) electrons. The van der Waals surface area contributed by atoms with Gasteiger partial charge in [-0.25, -0.2) is 9.69 Å². The Morgan fingerprint density at radius 3 is 2.29 bits per heavy atom. The number of para-hydroxylation sites is 1. The second kappa shape index (κ2) is 8.00.